The van der Waals surface area contributed by atoms with Crippen LogP contribution in [0.15, 0.2) is 127 Å². The van der Waals surface area contributed by atoms with E-state index in [2.05, 4.69) is 144 Å². The van der Waals surface area contributed by atoms with E-state index in [0.717, 1.165) is 17.1 Å². The molecule has 0 N–H and O–H groups in total. The van der Waals surface area contributed by atoms with Gasteiger partial charge in [0.25, 0.3) is 0 Å². The molecule has 0 saturated heterocycles. The summed E-state index contributed by atoms with van der Waals surface area (Å²) in [5.74, 6) is 0. The zero-order valence-electron chi connectivity index (χ0n) is 19.5. The summed E-state index contributed by atoms with van der Waals surface area (Å²) in [6.07, 6.45) is 0. The van der Waals surface area contributed by atoms with Crippen molar-refractivity contribution in [3.63, 3.8) is 0 Å². The van der Waals surface area contributed by atoms with E-state index in [1.807, 2.05) is 0 Å². The van der Waals surface area contributed by atoms with Crippen molar-refractivity contribution in [3.8, 4) is 0 Å². The molecule has 0 radical (unpaired) electrons. The molecule has 35 heavy (non-hydrogen) atoms. The molecule has 2 heteroatoms. The fourth-order valence-corrected chi connectivity index (χ4v) is 5.36. The molecule has 0 saturated carbocycles. The zero-order valence-corrected chi connectivity index (χ0v) is 19.5. The minimum atomic E-state index is 1.15. The number of benzene rings is 6. The Morgan fingerprint density at radius 1 is 0.429 bits per heavy atom. The van der Waals surface area contributed by atoms with Crippen molar-refractivity contribution in [1.82, 2.24) is 4.57 Å². The highest BCUT2D eigenvalue weighted by atomic mass is 15.1. The zero-order chi connectivity index (χ0) is 23.4. The van der Waals surface area contributed by atoms with Crippen LogP contribution in [0.4, 0.5) is 17.1 Å². The molecule has 0 amide bonds. The quantitative estimate of drug-likeness (QED) is 0.262. The molecule has 0 spiro atoms. The van der Waals surface area contributed by atoms with Gasteiger partial charge in [0.15, 0.2) is 0 Å². The fourth-order valence-electron chi connectivity index (χ4n) is 5.36. The maximum Gasteiger partial charge on any atom is 0.0495 e. The Bertz CT molecular complexity index is 1860. The molecule has 2 nitrogen and oxygen atoms in total. The Morgan fingerprint density at radius 2 is 1.00 bits per heavy atom. The summed E-state index contributed by atoms with van der Waals surface area (Å²) < 4.78 is 2.31. The Kier molecular flexibility index (Phi) is 4.40. The highest BCUT2D eigenvalue weighted by Crippen LogP contribution is 2.39. The smallest absolute Gasteiger partial charge is 0.0495 e. The van der Waals surface area contributed by atoms with Gasteiger partial charge >= 0.3 is 0 Å². The SMILES string of the molecule is Cn1c2ccc(N(c3ccccc3)c3ccc4ccccc4c3)cc2c2cc3ccccc3cc21. The number of nitrogens with zero attached hydrogens (tertiary/aromatic N) is 2. The van der Waals surface area contributed by atoms with E-state index in [-0.39, 0.29) is 0 Å². The number of fused-ring (bicyclic) bond motifs is 5. The van der Waals surface area contributed by atoms with Gasteiger partial charge in [0, 0.05) is 45.9 Å². The monoisotopic (exact) mass is 448 g/mol. The molecular weight excluding hydrogens is 424 g/mol. The van der Waals surface area contributed by atoms with Crippen LogP contribution in [0.5, 0.6) is 0 Å². The summed E-state index contributed by atoms with van der Waals surface area (Å²) in [5.41, 5.74) is 5.95. The number of anilines is 3. The molecule has 6 aromatic carbocycles. The predicted molar refractivity (Wildman–Crippen MR) is 150 cm³/mol. The average Bonchev–Trinajstić information content (AvgIpc) is 3.18. The fraction of sp³-hybridized carbons (Fsp3) is 0.0303. The summed E-state index contributed by atoms with van der Waals surface area (Å²) >= 11 is 0. The lowest BCUT2D eigenvalue weighted by Gasteiger charge is -2.26. The Balaban J connectivity index is 1.49. The number of aryl methyl sites for hydroxylation is 1. The van der Waals surface area contributed by atoms with E-state index in [4.69, 9.17) is 0 Å². The Labute approximate surface area is 204 Å². The first kappa shape index (κ1) is 19.9. The molecule has 0 bridgehead atoms. The van der Waals surface area contributed by atoms with Crippen LogP contribution in [0.3, 0.4) is 0 Å². The van der Waals surface area contributed by atoms with Gasteiger partial charge in [-0.1, -0.05) is 72.8 Å². The average molecular weight is 449 g/mol. The number of aromatic nitrogens is 1. The molecule has 0 aliphatic carbocycles. The topological polar surface area (TPSA) is 8.17 Å². The van der Waals surface area contributed by atoms with Crippen LogP contribution in [-0.4, -0.2) is 4.57 Å². The van der Waals surface area contributed by atoms with Crippen molar-refractivity contribution in [2.45, 2.75) is 0 Å². The maximum absolute atomic E-state index is 2.35. The molecule has 0 unspecified atom stereocenters. The second-order valence-electron chi connectivity index (χ2n) is 9.18. The summed E-state index contributed by atoms with van der Waals surface area (Å²) in [6, 6.07) is 46.0. The van der Waals surface area contributed by atoms with E-state index >= 15 is 0 Å². The van der Waals surface area contributed by atoms with Crippen molar-refractivity contribution in [2.75, 3.05) is 4.90 Å². The molecule has 1 heterocycles. The number of para-hydroxylation sites is 1. The summed E-state index contributed by atoms with van der Waals surface area (Å²) in [4.78, 5) is 2.35. The molecule has 1 aromatic heterocycles. The second kappa shape index (κ2) is 7.75. The van der Waals surface area contributed by atoms with Crippen molar-refractivity contribution in [3.05, 3.63) is 127 Å². The number of hydrogen-bond donors (Lipinski definition) is 0. The van der Waals surface area contributed by atoms with Gasteiger partial charge in [-0.2, -0.15) is 0 Å². The summed E-state index contributed by atoms with van der Waals surface area (Å²) in [6.45, 7) is 0. The van der Waals surface area contributed by atoms with E-state index in [1.165, 1.54) is 43.4 Å². The molecule has 0 aliphatic heterocycles. The Hall–Kier alpha value is -4.56. The van der Waals surface area contributed by atoms with Gasteiger partial charge in [-0.15, -0.1) is 0 Å². The second-order valence-corrected chi connectivity index (χ2v) is 9.18. The van der Waals surface area contributed by atoms with Crippen LogP contribution in [-0.2, 0) is 7.05 Å². The molecule has 0 aliphatic rings. The minimum Gasteiger partial charge on any atom is -0.344 e. The third-order valence-electron chi connectivity index (χ3n) is 7.12. The standard InChI is InChI=1S/C33H24N2/c1-34-32-18-17-29(22-31(32)30-20-25-11-7-8-12-26(25)21-33(30)34)35(27-13-3-2-4-14-27)28-16-15-23-9-5-6-10-24(23)19-28/h2-22H,1H3. The van der Waals surface area contributed by atoms with Crippen molar-refractivity contribution in [2.24, 2.45) is 7.05 Å². The predicted octanol–water partition coefficient (Wildman–Crippen LogP) is 9.11. The Morgan fingerprint density at radius 3 is 1.77 bits per heavy atom. The van der Waals surface area contributed by atoms with Gasteiger partial charge in [0.05, 0.1) is 0 Å². The van der Waals surface area contributed by atoms with Crippen LogP contribution in [0, 0.1) is 0 Å². The lowest BCUT2D eigenvalue weighted by atomic mass is 10.0. The summed E-state index contributed by atoms with van der Waals surface area (Å²) in [5, 5.41) is 7.59. The highest BCUT2D eigenvalue weighted by Gasteiger charge is 2.16. The molecular formula is C33H24N2. The van der Waals surface area contributed by atoms with Crippen molar-refractivity contribution >= 4 is 60.4 Å². The molecule has 166 valence electrons. The lowest BCUT2D eigenvalue weighted by molar-refractivity contribution is 1.01. The first-order chi connectivity index (χ1) is 17.3. The van der Waals surface area contributed by atoms with Gasteiger partial charge in [0.1, 0.15) is 0 Å². The van der Waals surface area contributed by atoms with Crippen molar-refractivity contribution < 1.29 is 0 Å². The minimum absolute atomic E-state index is 1.15. The molecule has 0 fully saturated rings. The van der Waals surface area contributed by atoms with Crippen LogP contribution >= 0.6 is 0 Å². The molecule has 0 atom stereocenters. The third kappa shape index (κ3) is 3.18. The highest BCUT2D eigenvalue weighted by molar-refractivity contribution is 6.13. The first-order valence-corrected chi connectivity index (χ1v) is 12.0. The van der Waals surface area contributed by atoms with Crippen LogP contribution in [0.1, 0.15) is 0 Å². The lowest BCUT2D eigenvalue weighted by Crippen LogP contribution is -2.09. The van der Waals surface area contributed by atoms with Crippen LogP contribution in [0.25, 0.3) is 43.4 Å². The maximum atomic E-state index is 2.35. The first-order valence-electron chi connectivity index (χ1n) is 12.0. The van der Waals surface area contributed by atoms with E-state index in [0.29, 0.717) is 0 Å². The van der Waals surface area contributed by atoms with E-state index in [1.54, 1.807) is 0 Å². The van der Waals surface area contributed by atoms with Gasteiger partial charge in [0.2, 0.25) is 0 Å². The normalized spacial score (nSPS) is 11.6. The van der Waals surface area contributed by atoms with Gasteiger partial charge in [-0.3, -0.25) is 0 Å². The largest absolute Gasteiger partial charge is 0.344 e. The van der Waals surface area contributed by atoms with Crippen LogP contribution < -0.4 is 4.90 Å². The molecule has 7 aromatic rings. The van der Waals surface area contributed by atoms with Gasteiger partial charge < -0.3 is 9.47 Å². The van der Waals surface area contributed by atoms with Crippen molar-refractivity contribution in [1.29, 1.82) is 0 Å². The van der Waals surface area contributed by atoms with Crippen LogP contribution in [0.2, 0.25) is 0 Å². The number of rotatable bonds is 3. The molecule has 7 rings (SSSR count). The van der Waals surface area contributed by atoms with E-state index < -0.39 is 0 Å². The third-order valence-corrected chi connectivity index (χ3v) is 7.12. The van der Waals surface area contributed by atoms with E-state index in [9.17, 15) is 0 Å². The van der Waals surface area contributed by atoms with Gasteiger partial charge in [-0.05, 0) is 76.1 Å². The number of hydrogen-bond acceptors (Lipinski definition) is 1. The van der Waals surface area contributed by atoms with Gasteiger partial charge in [-0.25, -0.2) is 0 Å². The summed E-state index contributed by atoms with van der Waals surface area (Å²) in [7, 11) is 2.16.